The molecule has 5 rings (SSSR count). The maximum Gasteiger partial charge on any atom is 0.270 e. The fourth-order valence-corrected chi connectivity index (χ4v) is 4.80. The van der Waals surface area contributed by atoms with E-state index in [1.54, 1.807) is 30.0 Å². The molecule has 3 heterocycles. The van der Waals surface area contributed by atoms with Crippen LogP contribution in [0.1, 0.15) is 41.0 Å². The van der Waals surface area contributed by atoms with Gasteiger partial charge in [-0.15, -0.1) is 0 Å². The zero-order valence-electron chi connectivity index (χ0n) is 19.6. The second-order valence-corrected chi connectivity index (χ2v) is 9.29. The molecule has 1 aliphatic carbocycles. The summed E-state index contributed by atoms with van der Waals surface area (Å²) in [7, 11) is 0. The van der Waals surface area contributed by atoms with Crippen LogP contribution in [0.25, 0.3) is 11.3 Å². The van der Waals surface area contributed by atoms with Gasteiger partial charge < -0.3 is 10.2 Å². The molecule has 0 unspecified atom stereocenters. The highest BCUT2D eigenvalue weighted by atomic mass is 19.1. The van der Waals surface area contributed by atoms with Crippen LogP contribution in [0.4, 0.5) is 14.5 Å². The molecule has 0 spiro atoms. The lowest BCUT2D eigenvalue weighted by Crippen LogP contribution is -2.35. The smallest absolute Gasteiger partial charge is 0.270 e. The minimum Gasteiger partial charge on any atom is -0.347 e. The first kappa shape index (κ1) is 23.5. The van der Waals surface area contributed by atoms with Gasteiger partial charge in [0.1, 0.15) is 16.9 Å². The third kappa shape index (κ3) is 4.42. The van der Waals surface area contributed by atoms with Gasteiger partial charge in [0.05, 0.1) is 11.8 Å². The Labute approximate surface area is 206 Å². The second kappa shape index (κ2) is 9.11. The van der Waals surface area contributed by atoms with Crippen LogP contribution in [-0.2, 0) is 11.3 Å². The largest absolute Gasteiger partial charge is 0.347 e. The van der Waals surface area contributed by atoms with Crippen LogP contribution in [0.5, 0.6) is 0 Å². The minimum absolute atomic E-state index is 0.00569. The van der Waals surface area contributed by atoms with E-state index < -0.39 is 23.1 Å². The van der Waals surface area contributed by atoms with E-state index in [1.165, 1.54) is 30.3 Å². The van der Waals surface area contributed by atoms with Crippen LogP contribution >= 0.6 is 0 Å². The molecule has 1 saturated carbocycles. The number of carbonyl (C=O) groups excluding carboxylic acids is 2. The number of benzene rings is 1. The molecule has 0 bridgehead atoms. The fraction of sp³-hybridized carbons (Fsp3) is 0.296. The number of nitrogens with one attached hydrogen (secondary N) is 1. The number of aryl methyl sites for hydroxylation is 1. The first-order chi connectivity index (χ1) is 17.3. The van der Waals surface area contributed by atoms with Gasteiger partial charge >= 0.3 is 0 Å². The molecule has 1 atom stereocenters. The molecule has 182 valence electrons. The average Bonchev–Trinajstić information content (AvgIpc) is 3.65. The SMILES string of the molecule is Cc1cc(N2CC[C@@](C#N)(C3CC3)C2=O)cc(C(=O)NCc2cc(F)cc(-c3cccc(F)n3)c2)n1. The highest BCUT2D eigenvalue weighted by Gasteiger charge is 2.56. The molecule has 7 nitrogen and oxygen atoms in total. The van der Waals surface area contributed by atoms with E-state index in [1.807, 2.05) is 0 Å². The van der Waals surface area contributed by atoms with E-state index >= 15 is 0 Å². The van der Waals surface area contributed by atoms with Gasteiger partial charge in [0.15, 0.2) is 0 Å². The van der Waals surface area contributed by atoms with Crippen LogP contribution < -0.4 is 10.2 Å². The molecule has 1 N–H and O–H groups in total. The van der Waals surface area contributed by atoms with Crippen molar-refractivity contribution >= 4 is 17.5 Å². The topological polar surface area (TPSA) is 99.0 Å². The third-order valence-electron chi connectivity index (χ3n) is 6.73. The predicted octanol–water partition coefficient (Wildman–Crippen LogP) is 4.32. The molecule has 2 aromatic heterocycles. The predicted molar refractivity (Wildman–Crippen MR) is 127 cm³/mol. The molecule has 0 radical (unpaired) electrons. The zero-order chi connectivity index (χ0) is 25.4. The number of halogens is 2. The highest BCUT2D eigenvalue weighted by molar-refractivity contribution is 6.03. The Morgan fingerprint density at radius 2 is 2.00 bits per heavy atom. The molecular formula is C27H23F2N5O2. The standard InChI is InChI=1S/C27H23F2N5O2/c1-16-9-21(34-8-7-27(15-30,26(34)36)19-5-6-19)13-23(32-16)25(35)31-14-17-10-18(12-20(28)11-17)22-3-2-4-24(29)33-22/h2-4,9-13,19H,5-8,14H2,1H3,(H,31,35)/t27-/m1/s1. The molecule has 3 aromatic rings. The number of anilines is 1. The minimum atomic E-state index is -0.981. The number of amides is 2. The molecule has 2 amide bonds. The van der Waals surface area contributed by atoms with Crippen LogP contribution in [-0.4, -0.2) is 28.3 Å². The van der Waals surface area contributed by atoms with Gasteiger partial charge in [-0.1, -0.05) is 6.07 Å². The zero-order valence-corrected chi connectivity index (χ0v) is 19.6. The average molecular weight is 488 g/mol. The number of rotatable bonds is 6. The van der Waals surface area contributed by atoms with Gasteiger partial charge in [-0.2, -0.15) is 9.65 Å². The number of hydrogen-bond acceptors (Lipinski definition) is 5. The second-order valence-electron chi connectivity index (χ2n) is 9.29. The number of aromatic nitrogens is 2. The summed E-state index contributed by atoms with van der Waals surface area (Å²) in [5.41, 5.74) is 1.35. The van der Waals surface area contributed by atoms with E-state index in [0.29, 0.717) is 35.5 Å². The van der Waals surface area contributed by atoms with Crippen molar-refractivity contribution in [3.63, 3.8) is 0 Å². The van der Waals surface area contributed by atoms with Crippen molar-refractivity contribution in [2.75, 3.05) is 11.4 Å². The van der Waals surface area contributed by atoms with Crippen LogP contribution in [0.2, 0.25) is 0 Å². The number of hydrogen-bond donors (Lipinski definition) is 1. The monoisotopic (exact) mass is 487 g/mol. The molecule has 36 heavy (non-hydrogen) atoms. The molecule has 1 saturated heterocycles. The molecule has 9 heteroatoms. The van der Waals surface area contributed by atoms with Gasteiger partial charge in [0.25, 0.3) is 5.91 Å². The Bertz CT molecular complexity index is 1420. The number of nitriles is 1. The van der Waals surface area contributed by atoms with E-state index in [4.69, 9.17) is 0 Å². The van der Waals surface area contributed by atoms with Crippen molar-refractivity contribution in [1.29, 1.82) is 5.26 Å². The summed E-state index contributed by atoms with van der Waals surface area (Å²) < 4.78 is 27.7. The number of nitrogens with zero attached hydrogens (tertiary/aromatic N) is 4. The summed E-state index contributed by atoms with van der Waals surface area (Å²) >= 11 is 0. The molecular weight excluding hydrogens is 464 g/mol. The summed E-state index contributed by atoms with van der Waals surface area (Å²) in [5, 5.41) is 12.5. The Morgan fingerprint density at radius 1 is 1.19 bits per heavy atom. The van der Waals surface area contributed by atoms with Crippen LogP contribution in [0.15, 0.2) is 48.5 Å². The normalized spacial score (nSPS) is 19.3. The van der Waals surface area contributed by atoms with Crippen molar-refractivity contribution < 1.29 is 18.4 Å². The first-order valence-corrected chi connectivity index (χ1v) is 11.7. The van der Waals surface area contributed by atoms with Gasteiger partial charge in [0, 0.05) is 30.0 Å². The molecule has 1 aliphatic heterocycles. The van der Waals surface area contributed by atoms with Crippen molar-refractivity contribution in [2.24, 2.45) is 11.3 Å². The first-order valence-electron chi connectivity index (χ1n) is 11.7. The summed E-state index contributed by atoms with van der Waals surface area (Å²) in [4.78, 5) is 35.7. The lowest BCUT2D eigenvalue weighted by Gasteiger charge is -2.21. The quantitative estimate of drug-likeness (QED) is 0.522. The summed E-state index contributed by atoms with van der Waals surface area (Å²) in [6.45, 7) is 2.14. The summed E-state index contributed by atoms with van der Waals surface area (Å²) in [5.74, 6) is -1.82. The highest BCUT2D eigenvalue weighted by Crippen LogP contribution is 2.51. The Balaban J connectivity index is 1.33. The Kier molecular flexibility index (Phi) is 5.96. The Morgan fingerprint density at radius 3 is 2.72 bits per heavy atom. The molecule has 2 aliphatic rings. The van der Waals surface area contributed by atoms with Crippen molar-refractivity contribution in [3.8, 4) is 17.3 Å². The van der Waals surface area contributed by atoms with E-state index in [2.05, 4.69) is 21.4 Å². The Hall–Kier alpha value is -4.19. The maximum absolute atomic E-state index is 14.2. The van der Waals surface area contributed by atoms with E-state index in [0.717, 1.165) is 12.8 Å². The summed E-state index contributed by atoms with van der Waals surface area (Å²) in [6, 6.07) is 13.9. The molecule has 1 aromatic carbocycles. The van der Waals surface area contributed by atoms with Gasteiger partial charge in [0.2, 0.25) is 11.9 Å². The lowest BCUT2D eigenvalue weighted by molar-refractivity contribution is -0.123. The lowest BCUT2D eigenvalue weighted by atomic mass is 9.83. The number of carbonyl (C=O) groups is 2. The van der Waals surface area contributed by atoms with E-state index in [9.17, 15) is 23.6 Å². The van der Waals surface area contributed by atoms with Crippen molar-refractivity contribution in [2.45, 2.75) is 32.7 Å². The number of pyridine rings is 2. The van der Waals surface area contributed by atoms with Gasteiger partial charge in [-0.25, -0.2) is 14.4 Å². The van der Waals surface area contributed by atoms with Crippen molar-refractivity contribution in [3.05, 3.63) is 77.2 Å². The van der Waals surface area contributed by atoms with Crippen molar-refractivity contribution in [1.82, 2.24) is 15.3 Å². The fourth-order valence-electron chi connectivity index (χ4n) is 4.80. The van der Waals surface area contributed by atoms with Gasteiger partial charge in [-0.05, 0) is 80.1 Å². The van der Waals surface area contributed by atoms with E-state index in [-0.39, 0.29) is 29.8 Å². The van der Waals surface area contributed by atoms with Crippen LogP contribution in [0, 0.1) is 41.4 Å². The molecule has 2 fully saturated rings. The van der Waals surface area contributed by atoms with Gasteiger partial charge in [-0.3, -0.25) is 9.59 Å². The maximum atomic E-state index is 14.2. The van der Waals surface area contributed by atoms with Crippen LogP contribution in [0.3, 0.4) is 0 Å². The third-order valence-corrected chi connectivity index (χ3v) is 6.73. The summed E-state index contributed by atoms with van der Waals surface area (Å²) in [6.07, 6.45) is 2.23.